The quantitative estimate of drug-likeness (QED) is 0.849. The minimum atomic E-state index is 0.701. The number of aromatic nitrogens is 1. The molecule has 15 heavy (non-hydrogen) atoms. The van der Waals surface area contributed by atoms with E-state index < -0.39 is 0 Å². The van der Waals surface area contributed by atoms with E-state index in [0.29, 0.717) is 5.92 Å². The summed E-state index contributed by atoms with van der Waals surface area (Å²) in [4.78, 5) is 7.06. The van der Waals surface area contributed by atoms with Gasteiger partial charge in [-0.3, -0.25) is 0 Å². The van der Waals surface area contributed by atoms with Crippen molar-refractivity contribution in [2.75, 3.05) is 31.1 Å². The minimum absolute atomic E-state index is 0.701. The Balaban J connectivity index is 1.99. The number of nitrogens with one attached hydrogen (secondary N) is 1. The number of hydrogen-bond acceptors (Lipinski definition) is 4. The Labute approximate surface area is 95.5 Å². The van der Waals surface area contributed by atoms with Crippen LogP contribution in [0.2, 0.25) is 0 Å². The van der Waals surface area contributed by atoms with E-state index in [1.54, 1.807) is 11.3 Å². The topological polar surface area (TPSA) is 28.2 Å². The predicted octanol–water partition coefficient (Wildman–Crippen LogP) is 1.75. The van der Waals surface area contributed by atoms with Crippen LogP contribution in [0.3, 0.4) is 0 Å². The fourth-order valence-electron chi connectivity index (χ4n) is 1.78. The average molecular weight is 225 g/mol. The van der Waals surface area contributed by atoms with Crippen LogP contribution in [-0.4, -0.2) is 31.2 Å². The number of nitrogens with zero attached hydrogens (tertiary/aromatic N) is 2. The molecule has 0 amide bonds. The zero-order valence-electron chi connectivity index (χ0n) is 9.49. The van der Waals surface area contributed by atoms with Gasteiger partial charge in [0.25, 0.3) is 0 Å². The molecule has 0 atom stereocenters. The van der Waals surface area contributed by atoms with E-state index in [1.165, 1.54) is 10.8 Å². The molecule has 0 saturated carbocycles. The molecule has 0 radical (unpaired) electrons. The molecule has 1 aromatic rings. The van der Waals surface area contributed by atoms with E-state index in [9.17, 15) is 0 Å². The van der Waals surface area contributed by atoms with E-state index in [0.717, 1.165) is 32.6 Å². The van der Waals surface area contributed by atoms with Gasteiger partial charge >= 0.3 is 0 Å². The molecule has 2 heterocycles. The van der Waals surface area contributed by atoms with Crippen molar-refractivity contribution in [3.05, 3.63) is 10.4 Å². The van der Waals surface area contributed by atoms with E-state index >= 15 is 0 Å². The van der Waals surface area contributed by atoms with E-state index in [4.69, 9.17) is 4.98 Å². The third-order valence-electron chi connectivity index (χ3n) is 2.56. The zero-order chi connectivity index (χ0) is 10.7. The first-order valence-corrected chi connectivity index (χ1v) is 6.54. The molecule has 4 heteroatoms. The molecule has 1 aromatic heterocycles. The molecule has 0 aromatic carbocycles. The van der Waals surface area contributed by atoms with Gasteiger partial charge in [0.15, 0.2) is 0 Å². The van der Waals surface area contributed by atoms with Gasteiger partial charge in [0.2, 0.25) is 0 Å². The first-order valence-electron chi connectivity index (χ1n) is 5.66. The Bertz CT molecular complexity index is 303. The Morgan fingerprint density at radius 3 is 2.87 bits per heavy atom. The molecule has 1 fully saturated rings. The van der Waals surface area contributed by atoms with Crippen LogP contribution in [0, 0.1) is 5.92 Å². The number of anilines is 1. The third-order valence-corrected chi connectivity index (χ3v) is 3.42. The Kier molecular flexibility index (Phi) is 3.59. The van der Waals surface area contributed by atoms with Gasteiger partial charge in [-0.25, -0.2) is 4.98 Å². The average Bonchev–Trinajstić information content (AvgIpc) is 2.67. The lowest BCUT2D eigenvalue weighted by Crippen LogP contribution is -2.43. The smallest absolute Gasteiger partial charge is 0.139 e. The molecular weight excluding hydrogens is 206 g/mol. The highest BCUT2D eigenvalue weighted by Crippen LogP contribution is 2.21. The minimum Gasteiger partial charge on any atom is -0.353 e. The SMILES string of the molecule is CC(C)Cc1nc(N2CCNCC2)cs1. The lowest BCUT2D eigenvalue weighted by molar-refractivity contribution is 0.584. The summed E-state index contributed by atoms with van der Waals surface area (Å²) in [6, 6.07) is 0. The van der Waals surface area contributed by atoms with Crippen LogP contribution in [0.25, 0.3) is 0 Å². The van der Waals surface area contributed by atoms with E-state index in [-0.39, 0.29) is 0 Å². The molecule has 0 spiro atoms. The summed E-state index contributed by atoms with van der Waals surface area (Å²) >= 11 is 1.80. The maximum atomic E-state index is 4.69. The first kappa shape index (κ1) is 10.9. The summed E-state index contributed by atoms with van der Waals surface area (Å²) in [6.07, 6.45) is 1.11. The standard InChI is InChI=1S/C11H19N3S/c1-9(2)7-11-13-10(8-15-11)14-5-3-12-4-6-14/h8-9,12H,3-7H2,1-2H3. The summed E-state index contributed by atoms with van der Waals surface area (Å²) in [7, 11) is 0. The number of piperazine rings is 1. The lowest BCUT2D eigenvalue weighted by Gasteiger charge is -2.27. The molecule has 1 aliphatic rings. The molecule has 1 saturated heterocycles. The van der Waals surface area contributed by atoms with Gasteiger partial charge in [0, 0.05) is 38.0 Å². The van der Waals surface area contributed by atoms with Crippen LogP contribution in [0.5, 0.6) is 0 Å². The molecule has 84 valence electrons. The molecule has 3 nitrogen and oxygen atoms in total. The zero-order valence-corrected chi connectivity index (χ0v) is 10.3. The Morgan fingerprint density at radius 2 is 2.20 bits per heavy atom. The van der Waals surface area contributed by atoms with Crippen molar-refractivity contribution >= 4 is 17.2 Å². The highest BCUT2D eigenvalue weighted by atomic mass is 32.1. The maximum Gasteiger partial charge on any atom is 0.139 e. The van der Waals surface area contributed by atoms with Gasteiger partial charge in [-0.2, -0.15) is 0 Å². The van der Waals surface area contributed by atoms with Crippen molar-refractivity contribution in [1.82, 2.24) is 10.3 Å². The fraction of sp³-hybridized carbons (Fsp3) is 0.727. The summed E-state index contributed by atoms with van der Waals surface area (Å²) in [6.45, 7) is 8.82. The van der Waals surface area contributed by atoms with Crippen LogP contribution < -0.4 is 10.2 Å². The van der Waals surface area contributed by atoms with E-state index in [1.807, 2.05) is 0 Å². The Morgan fingerprint density at radius 1 is 1.47 bits per heavy atom. The first-order chi connectivity index (χ1) is 7.25. The van der Waals surface area contributed by atoms with Gasteiger partial charge < -0.3 is 10.2 Å². The molecular formula is C11H19N3S. The largest absolute Gasteiger partial charge is 0.353 e. The van der Waals surface area contributed by atoms with Crippen molar-refractivity contribution in [3.8, 4) is 0 Å². The molecule has 1 N–H and O–H groups in total. The highest BCUT2D eigenvalue weighted by Gasteiger charge is 2.13. The van der Waals surface area contributed by atoms with Crippen molar-refractivity contribution in [1.29, 1.82) is 0 Å². The molecule has 2 rings (SSSR count). The van der Waals surface area contributed by atoms with Gasteiger partial charge in [-0.1, -0.05) is 13.8 Å². The van der Waals surface area contributed by atoms with Crippen molar-refractivity contribution in [2.24, 2.45) is 5.92 Å². The third kappa shape index (κ3) is 2.92. The van der Waals surface area contributed by atoms with Crippen molar-refractivity contribution < 1.29 is 0 Å². The molecule has 1 aliphatic heterocycles. The second kappa shape index (κ2) is 4.94. The molecule has 0 aliphatic carbocycles. The summed E-state index contributed by atoms with van der Waals surface area (Å²) in [5, 5.41) is 6.83. The maximum absolute atomic E-state index is 4.69. The number of hydrogen-bond donors (Lipinski definition) is 1. The summed E-state index contributed by atoms with van der Waals surface area (Å²) < 4.78 is 0. The van der Waals surface area contributed by atoms with Crippen LogP contribution in [-0.2, 0) is 6.42 Å². The predicted molar refractivity (Wildman–Crippen MR) is 65.7 cm³/mol. The van der Waals surface area contributed by atoms with Crippen molar-refractivity contribution in [3.63, 3.8) is 0 Å². The van der Waals surface area contributed by atoms with Crippen LogP contribution in [0.15, 0.2) is 5.38 Å². The fourth-order valence-corrected chi connectivity index (χ4v) is 2.80. The van der Waals surface area contributed by atoms with Crippen molar-refractivity contribution in [2.45, 2.75) is 20.3 Å². The highest BCUT2D eigenvalue weighted by molar-refractivity contribution is 7.10. The molecule has 0 bridgehead atoms. The van der Waals surface area contributed by atoms with Gasteiger partial charge in [-0.15, -0.1) is 11.3 Å². The summed E-state index contributed by atoms with van der Waals surface area (Å²) in [5.74, 6) is 1.88. The van der Waals surface area contributed by atoms with Crippen LogP contribution in [0.1, 0.15) is 18.9 Å². The lowest BCUT2D eigenvalue weighted by atomic mass is 10.1. The van der Waals surface area contributed by atoms with Crippen LogP contribution >= 0.6 is 11.3 Å². The normalized spacial score (nSPS) is 17.4. The number of rotatable bonds is 3. The number of thiazole rings is 1. The van der Waals surface area contributed by atoms with Gasteiger partial charge in [0.1, 0.15) is 5.82 Å². The van der Waals surface area contributed by atoms with Crippen LogP contribution in [0.4, 0.5) is 5.82 Å². The second-order valence-electron chi connectivity index (χ2n) is 4.43. The van der Waals surface area contributed by atoms with Gasteiger partial charge in [-0.05, 0) is 5.92 Å². The van der Waals surface area contributed by atoms with E-state index in [2.05, 4.69) is 29.4 Å². The Hall–Kier alpha value is -0.610. The van der Waals surface area contributed by atoms with Gasteiger partial charge in [0.05, 0.1) is 5.01 Å². The second-order valence-corrected chi connectivity index (χ2v) is 5.38. The molecule has 0 unspecified atom stereocenters. The monoisotopic (exact) mass is 225 g/mol. The summed E-state index contributed by atoms with van der Waals surface area (Å²) in [5.41, 5.74) is 0.